The van der Waals surface area contributed by atoms with Crippen LogP contribution in [0.15, 0.2) is 45.7 Å². The molecule has 0 heterocycles. The summed E-state index contributed by atoms with van der Waals surface area (Å²) in [5, 5.41) is 6.50. The number of benzene rings is 1. The summed E-state index contributed by atoms with van der Waals surface area (Å²) in [5.41, 5.74) is 6.15. The smallest absolute Gasteiger partial charge is 0.251 e. The van der Waals surface area contributed by atoms with Crippen molar-refractivity contribution in [1.82, 2.24) is 10.6 Å². The van der Waals surface area contributed by atoms with Crippen LogP contribution in [0.25, 0.3) is 0 Å². The highest BCUT2D eigenvalue weighted by Gasteiger charge is 2.38. The quantitative estimate of drug-likeness (QED) is 0.435. The second-order valence-electron chi connectivity index (χ2n) is 7.73. The molecule has 0 spiro atoms. The normalized spacial score (nSPS) is 15.6. The van der Waals surface area contributed by atoms with Crippen LogP contribution in [0.2, 0.25) is 0 Å². The predicted molar refractivity (Wildman–Crippen MR) is 109 cm³/mol. The summed E-state index contributed by atoms with van der Waals surface area (Å²) >= 11 is 0. The average molecular weight is 354 g/mol. The van der Waals surface area contributed by atoms with Crippen LogP contribution >= 0.6 is 0 Å². The summed E-state index contributed by atoms with van der Waals surface area (Å²) in [6, 6.07) is 6.16. The lowest BCUT2D eigenvalue weighted by Gasteiger charge is -2.19. The highest BCUT2D eigenvalue weighted by atomic mass is 16.1. The summed E-state index contributed by atoms with van der Waals surface area (Å²) in [6.45, 7) is 16.4. The van der Waals surface area contributed by atoms with Gasteiger partial charge in [-0.2, -0.15) is 0 Å². The Labute approximate surface area is 157 Å². The van der Waals surface area contributed by atoms with Crippen molar-refractivity contribution in [2.45, 2.75) is 66.5 Å². The van der Waals surface area contributed by atoms with E-state index in [1.165, 1.54) is 11.1 Å². The third-order valence-electron chi connectivity index (χ3n) is 5.19. The van der Waals surface area contributed by atoms with Gasteiger partial charge in [-0.05, 0) is 77.8 Å². The second-order valence-corrected chi connectivity index (χ2v) is 7.73. The standard InChI is InChI=1S/C22H31N3O/c1-14(2)19(17(5)20(23-7)25-22(6)11-12-22)21(26)24-13-18-10-8-9-15(3)16(18)4/h8-10,25H,7,11-13H2,1-6H3,(H,24,26)/b20-17-. The summed E-state index contributed by atoms with van der Waals surface area (Å²) in [5.74, 6) is 0.621. The van der Waals surface area contributed by atoms with Gasteiger partial charge in [0.1, 0.15) is 5.82 Å². The van der Waals surface area contributed by atoms with Crippen LogP contribution in [0.3, 0.4) is 0 Å². The lowest BCUT2D eigenvalue weighted by molar-refractivity contribution is -0.117. The van der Waals surface area contributed by atoms with Crippen LogP contribution in [-0.2, 0) is 11.3 Å². The zero-order valence-corrected chi connectivity index (χ0v) is 16.9. The highest BCUT2D eigenvalue weighted by Crippen LogP contribution is 2.36. The molecule has 1 amide bonds. The Morgan fingerprint density at radius 2 is 1.88 bits per heavy atom. The summed E-state index contributed by atoms with van der Waals surface area (Å²) in [6.07, 6.45) is 2.23. The van der Waals surface area contributed by atoms with Gasteiger partial charge in [0, 0.05) is 23.2 Å². The molecule has 2 rings (SSSR count). The molecule has 26 heavy (non-hydrogen) atoms. The first-order valence-corrected chi connectivity index (χ1v) is 9.15. The summed E-state index contributed by atoms with van der Waals surface area (Å²) in [4.78, 5) is 17.1. The van der Waals surface area contributed by atoms with Crippen molar-refractivity contribution >= 4 is 12.6 Å². The third kappa shape index (κ3) is 4.63. The van der Waals surface area contributed by atoms with Crippen LogP contribution < -0.4 is 10.6 Å². The molecule has 4 nitrogen and oxygen atoms in total. The number of allylic oxidation sites excluding steroid dienone is 1. The largest absolute Gasteiger partial charge is 0.365 e. The molecule has 0 saturated heterocycles. The molecule has 1 aliphatic carbocycles. The first-order valence-electron chi connectivity index (χ1n) is 9.15. The minimum Gasteiger partial charge on any atom is -0.365 e. The first-order chi connectivity index (χ1) is 12.2. The molecule has 1 saturated carbocycles. The van der Waals surface area contributed by atoms with Gasteiger partial charge < -0.3 is 10.6 Å². The fraction of sp³-hybridized carbons (Fsp3) is 0.455. The van der Waals surface area contributed by atoms with Gasteiger partial charge in [-0.25, -0.2) is 4.99 Å². The Morgan fingerprint density at radius 1 is 1.23 bits per heavy atom. The SMILES string of the molecule is C=N/C(NC1(C)CC1)=C(\C)C(C(=O)NCc1cccc(C)c1C)=C(C)C. The van der Waals surface area contributed by atoms with E-state index in [1.807, 2.05) is 26.8 Å². The van der Waals surface area contributed by atoms with Crippen molar-refractivity contribution in [2.24, 2.45) is 4.99 Å². The third-order valence-corrected chi connectivity index (χ3v) is 5.19. The number of nitrogens with zero attached hydrogens (tertiary/aromatic N) is 1. The Balaban J connectivity index is 2.21. The fourth-order valence-electron chi connectivity index (χ4n) is 3.01. The van der Waals surface area contributed by atoms with Gasteiger partial charge in [-0.1, -0.05) is 23.8 Å². The number of hydrogen-bond donors (Lipinski definition) is 2. The molecule has 0 radical (unpaired) electrons. The van der Waals surface area contributed by atoms with Crippen molar-refractivity contribution in [3.63, 3.8) is 0 Å². The van der Waals surface area contributed by atoms with E-state index in [0.717, 1.165) is 29.6 Å². The van der Waals surface area contributed by atoms with Crippen LogP contribution in [0.1, 0.15) is 57.2 Å². The Hall–Kier alpha value is -2.36. The predicted octanol–water partition coefficient (Wildman–Crippen LogP) is 4.33. The topological polar surface area (TPSA) is 53.5 Å². The van der Waals surface area contributed by atoms with E-state index in [2.05, 4.69) is 55.2 Å². The molecule has 140 valence electrons. The van der Waals surface area contributed by atoms with Crippen molar-refractivity contribution in [3.05, 3.63) is 57.4 Å². The van der Waals surface area contributed by atoms with Gasteiger partial charge in [-0.15, -0.1) is 0 Å². The van der Waals surface area contributed by atoms with Crippen LogP contribution in [0.5, 0.6) is 0 Å². The van der Waals surface area contributed by atoms with Gasteiger partial charge in [-0.3, -0.25) is 4.79 Å². The van der Waals surface area contributed by atoms with E-state index in [0.29, 0.717) is 17.9 Å². The number of amides is 1. The lowest BCUT2D eigenvalue weighted by Crippen LogP contribution is -2.30. The lowest BCUT2D eigenvalue weighted by atomic mass is 10.0. The van der Waals surface area contributed by atoms with E-state index < -0.39 is 0 Å². The molecule has 0 aliphatic heterocycles. The maximum atomic E-state index is 12.9. The number of rotatable bonds is 7. The zero-order valence-electron chi connectivity index (χ0n) is 16.9. The molecular weight excluding hydrogens is 322 g/mol. The highest BCUT2D eigenvalue weighted by molar-refractivity contribution is 5.98. The van der Waals surface area contributed by atoms with Gasteiger partial charge >= 0.3 is 0 Å². The molecule has 0 aromatic heterocycles. The summed E-state index contributed by atoms with van der Waals surface area (Å²) in [7, 11) is 0. The first kappa shape index (κ1) is 20.0. The number of aryl methyl sites for hydroxylation is 1. The minimum absolute atomic E-state index is 0.0766. The Bertz CT molecular complexity index is 779. The van der Waals surface area contributed by atoms with Crippen LogP contribution in [0, 0.1) is 13.8 Å². The number of hydrogen-bond acceptors (Lipinski definition) is 3. The Morgan fingerprint density at radius 3 is 2.42 bits per heavy atom. The van der Waals surface area contributed by atoms with E-state index >= 15 is 0 Å². The second kappa shape index (κ2) is 7.90. The molecular formula is C22H31N3O. The van der Waals surface area contributed by atoms with Gasteiger partial charge in [0.15, 0.2) is 0 Å². The molecule has 1 aromatic rings. The number of carbonyl (C=O) groups excluding carboxylic acids is 1. The van der Waals surface area contributed by atoms with Crippen molar-refractivity contribution in [1.29, 1.82) is 0 Å². The number of aliphatic imine (C=N–C) groups is 1. The molecule has 0 bridgehead atoms. The van der Waals surface area contributed by atoms with Gasteiger partial charge in [0.05, 0.1) is 0 Å². The van der Waals surface area contributed by atoms with E-state index in [-0.39, 0.29) is 11.4 Å². The van der Waals surface area contributed by atoms with E-state index in [9.17, 15) is 4.79 Å². The molecule has 0 unspecified atom stereocenters. The molecule has 1 fully saturated rings. The summed E-state index contributed by atoms with van der Waals surface area (Å²) < 4.78 is 0. The average Bonchev–Trinajstić information content (AvgIpc) is 3.31. The molecule has 0 atom stereocenters. The maximum absolute atomic E-state index is 12.9. The monoisotopic (exact) mass is 353 g/mol. The van der Waals surface area contributed by atoms with Gasteiger partial charge in [0.2, 0.25) is 0 Å². The maximum Gasteiger partial charge on any atom is 0.251 e. The minimum atomic E-state index is -0.0766. The fourth-order valence-corrected chi connectivity index (χ4v) is 3.01. The van der Waals surface area contributed by atoms with Crippen molar-refractivity contribution < 1.29 is 4.79 Å². The van der Waals surface area contributed by atoms with Crippen molar-refractivity contribution in [2.75, 3.05) is 0 Å². The van der Waals surface area contributed by atoms with Crippen molar-refractivity contribution in [3.8, 4) is 0 Å². The molecule has 2 N–H and O–H groups in total. The van der Waals surface area contributed by atoms with E-state index in [4.69, 9.17) is 0 Å². The Kier molecular flexibility index (Phi) is 6.06. The molecule has 1 aromatic carbocycles. The van der Waals surface area contributed by atoms with Crippen LogP contribution in [0.4, 0.5) is 0 Å². The molecule has 1 aliphatic rings. The number of carbonyl (C=O) groups is 1. The van der Waals surface area contributed by atoms with E-state index in [1.54, 1.807) is 0 Å². The van der Waals surface area contributed by atoms with Gasteiger partial charge in [0.25, 0.3) is 5.91 Å². The van der Waals surface area contributed by atoms with Crippen LogP contribution in [-0.4, -0.2) is 18.2 Å². The molecule has 4 heteroatoms. The zero-order chi connectivity index (χ0) is 19.5. The number of nitrogens with one attached hydrogen (secondary N) is 2.